The van der Waals surface area contributed by atoms with E-state index in [9.17, 15) is 4.79 Å². The van der Waals surface area contributed by atoms with E-state index in [1.807, 2.05) is 24.1 Å². The minimum atomic E-state index is -0.434. The molecule has 80 valence electrons. The summed E-state index contributed by atoms with van der Waals surface area (Å²) in [5.41, 5.74) is 2.22. The number of oxazole rings is 1. The molecule has 0 radical (unpaired) electrons. The highest BCUT2D eigenvalue weighted by Crippen LogP contribution is 2.18. The molecule has 0 spiro atoms. The van der Waals surface area contributed by atoms with Gasteiger partial charge >= 0.3 is 5.76 Å². The molecule has 5 nitrogen and oxygen atoms in total. The van der Waals surface area contributed by atoms with Crippen LogP contribution in [-0.2, 0) is 4.74 Å². The van der Waals surface area contributed by atoms with E-state index >= 15 is 0 Å². The van der Waals surface area contributed by atoms with Crippen molar-refractivity contribution in [3.05, 3.63) is 28.7 Å². The molecule has 0 amide bonds. The Kier molecular flexibility index (Phi) is 2.47. The maximum absolute atomic E-state index is 10.9. The van der Waals surface area contributed by atoms with Gasteiger partial charge < -0.3 is 14.1 Å². The molecule has 1 aromatic heterocycles. The lowest BCUT2D eigenvalue weighted by Gasteiger charge is -2.17. The number of hydrogen-bond donors (Lipinski definition) is 1. The molecule has 1 heterocycles. The van der Waals surface area contributed by atoms with Crippen molar-refractivity contribution in [2.75, 3.05) is 25.8 Å². The first-order valence-corrected chi connectivity index (χ1v) is 4.53. The van der Waals surface area contributed by atoms with Crippen molar-refractivity contribution in [3.63, 3.8) is 0 Å². The summed E-state index contributed by atoms with van der Waals surface area (Å²) >= 11 is 0. The molecule has 0 unspecified atom stereocenters. The van der Waals surface area contributed by atoms with Crippen LogP contribution in [0, 0.1) is 0 Å². The van der Waals surface area contributed by atoms with Gasteiger partial charge in [0.1, 0.15) is 6.73 Å². The number of nitrogens with one attached hydrogen (secondary N) is 1. The molecule has 15 heavy (non-hydrogen) atoms. The largest absolute Gasteiger partial charge is 0.417 e. The molecule has 0 aliphatic carbocycles. The SMILES string of the molecule is COCN(C)c1ccc2oc(=O)[nH]c2c1. The van der Waals surface area contributed by atoms with Gasteiger partial charge in [0, 0.05) is 19.8 Å². The van der Waals surface area contributed by atoms with Crippen molar-refractivity contribution in [3.8, 4) is 0 Å². The minimum absolute atomic E-state index is 0.434. The first kappa shape index (κ1) is 9.79. The fourth-order valence-corrected chi connectivity index (χ4v) is 1.45. The molecule has 1 N–H and O–H groups in total. The summed E-state index contributed by atoms with van der Waals surface area (Å²) in [7, 11) is 3.54. The number of aromatic amines is 1. The third-order valence-corrected chi connectivity index (χ3v) is 2.17. The zero-order chi connectivity index (χ0) is 10.8. The first-order chi connectivity index (χ1) is 7.20. The quantitative estimate of drug-likeness (QED) is 0.769. The number of anilines is 1. The summed E-state index contributed by atoms with van der Waals surface area (Å²) in [6.45, 7) is 0.494. The summed E-state index contributed by atoms with van der Waals surface area (Å²) in [5.74, 6) is -0.434. The number of aromatic nitrogens is 1. The fraction of sp³-hybridized carbons (Fsp3) is 0.300. The Bertz CT molecular complexity index is 515. The Morgan fingerprint density at radius 2 is 2.33 bits per heavy atom. The Hall–Kier alpha value is -1.75. The van der Waals surface area contributed by atoms with E-state index in [-0.39, 0.29) is 0 Å². The molecule has 5 heteroatoms. The maximum Gasteiger partial charge on any atom is 0.417 e. The molecule has 1 aromatic carbocycles. The predicted octanol–water partition coefficient (Wildman–Crippen LogP) is 1.16. The smallest absolute Gasteiger partial charge is 0.408 e. The summed E-state index contributed by atoms with van der Waals surface area (Å²) in [6, 6.07) is 5.48. The van der Waals surface area contributed by atoms with E-state index in [2.05, 4.69) is 4.98 Å². The molecule has 2 rings (SSSR count). The van der Waals surface area contributed by atoms with Crippen LogP contribution in [0.4, 0.5) is 5.69 Å². The van der Waals surface area contributed by atoms with Gasteiger partial charge in [0.15, 0.2) is 5.58 Å². The monoisotopic (exact) mass is 208 g/mol. The fourth-order valence-electron chi connectivity index (χ4n) is 1.45. The first-order valence-electron chi connectivity index (χ1n) is 4.53. The highest BCUT2D eigenvalue weighted by atomic mass is 16.5. The van der Waals surface area contributed by atoms with Crippen LogP contribution in [0.3, 0.4) is 0 Å². The van der Waals surface area contributed by atoms with Crippen LogP contribution in [0.1, 0.15) is 0 Å². The van der Waals surface area contributed by atoms with Gasteiger partial charge in [-0.2, -0.15) is 0 Å². The third kappa shape index (κ3) is 1.87. The lowest BCUT2D eigenvalue weighted by atomic mass is 10.3. The lowest BCUT2D eigenvalue weighted by molar-refractivity contribution is 0.202. The van der Waals surface area contributed by atoms with Crippen LogP contribution in [-0.4, -0.2) is 25.9 Å². The van der Waals surface area contributed by atoms with E-state index in [0.29, 0.717) is 17.8 Å². The molecule has 0 fully saturated rings. The minimum Gasteiger partial charge on any atom is -0.408 e. The molecule has 0 aliphatic rings. The number of fused-ring (bicyclic) bond motifs is 1. The number of rotatable bonds is 3. The van der Waals surface area contributed by atoms with Gasteiger partial charge in [-0.05, 0) is 18.2 Å². The average molecular weight is 208 g/mol. The van der Waals surface area contributed by atoms with Crippen LogP contribution in [0.15, 0.2) is 27.4 Å². The number of benzene rings is 1. The molecular formula is C10H12N2O3. The summed E-state index contributed by atoms with van der Waals surface area (Å²) in [5, 5.41) is 0. The van der Waals surface area contributed by atoms with Crippen molar-refractivity contribution in [1.29, 1.82) is 0 Å². The summed E-state index contributed by atoms with van der Waals surface area (Å²) in [6.07, 6.45) is 0. The number of H-pyrrole nitrogens is 1. The number of nitrogens with zero attached hydrogens (tertiary/aromatic N) is 1. The van der Waals surface area contributed by atoms with Gasteiger partial charge in [-0.15, -0.1) is 0 Å². The molecule has 0 saturated carbocycles. The number of hydrogen-bond acceptors (Lipinski definition) is 4. The van der Waals surface area contributed by atoms with Crippen molar-refractivity contribution in [2.45, 2.75) is 0 Å². The van der Waals surface area contributed by atoms with E-state index in [4.69, 9.17) is 9.15 Å². The molecular weight excluding hydrogens is 196 g/mol. The Balaban J connectivity index is 2.41. The maximum atomic E-state index is 10.9. The zero-order valence-corrected chi connectivity index (χ0v) is 8.61. The summed E-state index contributed by atoms with van der Waals surface area (Å²) < 4.78 is 9.91. The van der Waals surface area contributed by atoms with Gasteiger partial charge in [-0.1, -0.05) is 0 Å². The highest BCUT2D eigenvalue weighted by molar-refractivity contribution is 5.77. The second-order valence-corrected chi connectivity index (χ2v) is 3.31. The van der Waals surface area contributed by atoms with Crippen LogP contribution in [0.25, 0.3) is 11.1 Å². The summed E-state index contributed by atoms with van der Waals surface area (Å²) in [4.78, 5) is 15.5. The van der Waals surface area contributed by atoms with Gasteiger partial charge in [0.2, 0.25) is 0 Å². The second-order valence-electron chi connectivity index (χ2n) is 3.31. The molecule has 0 atom stereocenters. The molecule has 0 aliphatic heterocycles. The topological polar surface area (TPSA) is 58.5 Å². The Morgan fingerprint density at radius 1 is 1.53 bits per heavy atom. The van der Waals surface area contributed by atoms with Gasteiger partial charge in [0.05, 0.1) is 5.52 Å². The van der Waals surface area contributed by atoms with Gasteiger partial charge in [0.25, 0.3) is 0 Å². The van der Waals surface area contributed by atoms with E-state index in [0.717, 1.165) is 5.69 Å². The van der Waals surface area contributed by atoms with Crippen molar-refractivity contribution in [1.82, 2.24) is 4.98 Å². The Morgan fingerprint density at radius 3 is 3.07 bits per heavy atom. The lowest BCUT2D eigenvalue weighted by Crippen LogP contribution is -2.19. The van der Waals surface area contributed by atoms with Gasteiger partial charge in [-0.3, -0.25) is 4.98 Å². The van der Waals surface area contributed by atoms with Crippen LogP contribution < -0.4 is 10.7 Å². The third-order valence-electron chi connectivity index (χ3n) is 2.17. The second kappa shape index (κ2) is 3.78. The van der Waals surface area contributed by atoms with Crippen molar-refractivity contribution >= 4 is 16.8 Å². The predicted molar refractivity (Wildman–Crippen MR) is 57.1 cm³/mol. The zero-order valence-electron chi connectivity index (χ0n) is 8.61. The van der Waals surface area contributed by atoms with Crippen molar-refractivity contribution < 1.29 is 9.15 Å². The van der Waals surface area contributed by atoms with Crippen LogP contribution in [0.5, 0.6) is 0 Å². The molecule has 0 saturated heterocycles. The number of methoxy groups -OCH3 is 1. The molecule has 2 aromatic rings. The Labute approximate surface area is 86.3 Å². The normalized spacial score (nSPS) is 10.8. The standard InChI is InChI=1S/C10H12N2O3/c1-12(6-14-2)7-3-4-9-8(5-7)11-10(13)15-9/h3-5H,6H2,1-2H3,(H,11,13). The van der Waals surface area contributed by atoms with E-state index in [1.165, 1.54) is 0 Å². The van der Waals surface area contributed by atoms with Crippen LogP contribution in [0.2, 0.25) is 0 Å². The van der Waals surface area contributed by atoms with E-state index < -0.39 is 5.76 Å². The van der Waals surface area contributed by atoms with Gasteiger partial charge in [-0.25, -0.2) is 4.79 Å². The highest BCUT2D eigenvalue weighted by Gasteiger charge is 2.04. The number of ether oxygens (including phenoxy) is 1. The van der Waals surface area contributed by atoms with E-state index in [1.54, 1.807) is 13.2 Å². The molecule has 0 bridgehead atoms. The van der Waals surface area contributed by atoms with Crippen LogP contribution >= 0.6 is 0 Å². The van der Waals surface area contributed by atoms with Crippen molar-refractivity contribution in [2.24, 2.45) is 0 Å². The average Bonchev–Trinajstić information content (AvgIpc) is 2.57.